The van der Waals surface area contributed by atoms with Crippen LogP contribution < -0.4 is 0 Å². The van der Waals surface area contributed by atoms with Gasteiger partial charge in [0, 0.05) is 6.42 Å². The van der Waals surface area contributed by atoms with E-state index in [1.54, 1.807) is 24.3 Å². The summed E-state index contributed by atoms with van der Waals surface area (Å²) in [7, 11) is -7.45. The predicted molar refractivity (Wildman–Crippen MR) is 163 cm³/mol. The van der Waals surface area contributed by atoms with Gasteiger partial charge in [0.2, 0.25) is 0 Å². The van der Waals surface area contributed by atoms with E-state index < -0.39 is 26.5 Å². The molecule has 0 spiro atoms. The van der Waals surface area contributed by atoms with Crippen molar-refractivity contribution < 1.29 is 22.1 Å². The van der Waals surface area contributed by atoms with Crippen molar-refractivity contribution in [3.63, 3.8) is 0 Å². The lowest BCUT2D eigenvalue weighted by Crippen LogP contribution is -2.48. The molecule has 1 aliphatic carbocycles. The lowest BCUT2D eigenvalue weighted by molar-refractivity contribution is -0.108. The summed E-state index contributed by atoms with van der Waals surface area (Å²) in [5.74, 6) is 0.568. The monoisotopic (exact) mass is 582 g/mol. The molecule has 5 nitrogen and oxygen atoms in total. The summed E-state index contributed by atoms with van der Waals surface area (Å²) in [6.45, 7) is 25.4. The van der Waals surface area contributed by atoms with E-state index in [1.807, 2.05) is 6.07 Å². The largest absolute Gasteiger partial charge is 0.414 e. The van der Waals surface area contributed by atoms with E-state index >= 15 is 0 Å². The third kappa shape index (κ3) is 8.35. The Bertz CT molecular complexity index is 1010. The van der Waals surface area contributed by atoms with Crippen molar-refractivity contribution in [3.05, 3.63) is 30.3 Å². The van der Waals surface area contributed by atoms with E-state index in [0.717, 1.165) is 19.1 Å². The molecule has 1 aromatic rings. The van der Waals surface area contributed by atoms with Gasteiger partial charge < -0.3 is 13.6 Å². The number of hydrogen-bond acceptors (Lipinski definition) is 5. The molecule has 0 N–H and O–H groups in total. The number of carbonyl (C=O) groups excluding carboxylic acids is 1. The van der Waals surface area contributed by atoms with Gasteiger partial charge in [0.05, 0.1) is 23.4 Å². The minimum Gasteiger partial charge on any atom is -0.414 e. The number of hydrogen-bond donors (Lipinski definition) is 0. The zero-order chi connectivity index (χ0) is 29.2. The molecule has 0 bridgehead atoms. The predicted octanol–water partition coefficient (Wildman–Crippen LogP) is 7.74. The Kier molecular flexibility index (Phi) is 10.9. The van der Waals surface area contributed by atoms with Crippen molar-refractivity contribution in [2.24, 2.45) is 23.7 Å². The zero-order valence-electron chi connectivity index (χ0n) is 25.8. The van der Waals surface area contributed by atoms with Gasteiger partial charge in [-0.25, -0.2) is 8.42 Å². The Morgan fingerprint density at radius 3 is 2.00 bits per heavy atom. The second-order valence-electron chi connectivity index (χ2n) is 14.6. The highest BCUT2D eigenvalue weighted by Gasteiger charge is 2.46. The van der Waals surface area contributed by atoms with Crippen LogP contribution in [0, 0.1) is 23.7 Å². The topological polar surface area (TPSA) is 69.7 Å². The lowest BCUT2D eigenvalue weighted by Gasteiger charge is -2.42. The molecular weight excluding hydrogens is 529 g/mol. The summed E-state index contributed by atoms with van der Waals surface area (Å²) in [6.07, 6.45) is 3.01. The molecule has 1 aromatic carbocycles. The van der Waals surface area contributed by atoms with Crippen LogP contribution in [0.2, 0.25) is 36.3 Å². The summed E-state index contributed by atoms with van der Waals surface area (Å²) in [5.41, 5.74) is 0. The van der Waals surface area contributed by atoms with Crippen molar-refractivity contribution in [1.82, 2.24) is 0 Å². The van der Waals surface area contributed by atoms with Gasteiger partial charge >= 0.3 is 0 Å². The SMILES string of the molecule is C[C@H]1[C@@H](C[C@@H](CO[Si](C)(C)C(C)(C)C)O[Si](C)(C)C(C)(C)C)C[C@@H](CC=O)[C@@H]1CS(=O)(=O)c1ccccc1. The van der Waals surface area contributed by atoms with Crippen LogP contribution in [0.4, 0.5) is 0 Å². The van der Waals surface area contributed by atoms with Gasteiger partial charge in [-0.1, -0.05) is 66.7 Å². The Morgan fingerprint density at radius 1 is 0.947 bits per heavy atom. The molecule has 5 atom stereocenters. The van der Waals surface area contributed by atoms with E-state index in [-0.39, 0.29) is 45.6 Å². The van der Waals surface area contributed by atoms with E-state index in [2.05, 4.69) is 74.7 Å². The number of carbonyl (C=O) groups is 1. The summed E-state index contributed by atoms with van der Waals surface area (Å²) in [5, 5.41) is 0.191. The second kappa shape index (κ2) is 12.4. The molecule has 0 unspecified atom stereocenters. The third-order valence-corrected chi connectivity index (χ3v) is 20.7. The number of benzene rings is 1. The average Bonchev–Trinajstić information content (AvgIpc) is 3.05. The van der Waals surface area contributed by atoms with Gasteiger partial charge in [0.25, 0.3) is 0 Å². The number of aldehydes is 1. The number of rotatable bonds is 12. The summed E-state index contributed by atoms with van der Waals surface area (Å²) in [4.78, 5) is 12.0. The Morgan fingerprint density at radius 2 is 1.50 bits per heavy atom. The first-order valence-corrected chi connectivity index (χ1v) is 21.7. The van der Waals surface area contributed by atoms with Crippen LogP contribution in [-0.4, -0.2) is 49.8 Å². The van der Waals surface area contributed by atoms with Crippen LogP contribution in [0.15, 0.2) is 35.2 Å². The molecule has 0 saturated heterocycles. The minimum absolute atomic E-state index is 0.0428. The Balaban J connectivity index is 2.29. The molecule has 0 radical (unpaired) electrons. The molecule has 8 heteroatoms. The van der Waals surface area contributed by atoms with Gasteiger partial charge in [0.1, 0.15) is 6.29 Å². The highest BCUT2D eigenvalue weighted by molar-refractivity contribution is 7.91. The quantitative estimate of drug-likeness (QED) is 0.186. The fourth-order valence-corrected chi connectivity index (χ4v) is 9.36. The first kappa shape index (κ1) is 33.4. The number of sulfone groups is 1. The van der Waals surface area contributed by atoms with Gasteiger partial charge in [-0.15, -0.1) is 0 Å². The van der Waals surface area contributed by atoms with Crippen LogP contribution in [0.25, 0.3) is 0 Å². The molecule has 1 saturated carbocycles. The first-order valence-electron chi connectivity index (χ1n) is 14.2. The minimum atomic E-state index is -3.43. The zero-order valence-corrected chi connectivity index (χ0v) is 28.7. The second-order valence-corrected chi connectivity index (χ2v) is 26.2. The van der Waals surface area contributed by atoms with E-state index in [0.29, 0.717) is 17.9 Å². The standard InChI is InChI=1S/C30H54O5SSi2/c1-23-25(19-24(17-18-31)28(23)22-36(32,33)27-15-13-12-14-16-27)20-26(35-38(10,11)30(5,6)7)21-34-37(8,9)29(2,3)4/h12-16,18,23-26,28H,17,19-22H2,1-11H3/t23-,24+,25+,26-,28+/m0/s1. The van der Waals surface area contributed by atoms with Crippen molar-refractivity contribution in [3.8, 4) is 0 Å². The fourth-order valence-electron chi connectivity index (χ4n) is 5.13. The van der Waals surface area contributed by atoms with Crippen LogP contribution in [-0.2, 0) is 23.5 Å². The molecule has 0 aliphatic heterocycles. The molecule has 1 fully saturated rings. The van der Waals surface area contributed by atoms with Crippen molar-refractivity contribution >= 4 is 32.8 Å². The molecule has 0 aromatic heterocycles. The molecule has 218 valence electrons. The molecule has 38 heavy (non-hydrogen) atoms. The van der Waals surface area contributed by atoms with Crippen molar-refractivity contribution in [1.29, 1.82) is 0 Å². The third-order valence-electron chi connectivity index (χ3n) is 9.81. The molecule has 0 amide bonds. The lowest BCUT2D eigenvalue weighted by atomic mass is 9.87. The molecule has 0 heterocycles. The first-order chi connectivity index (χ1) is 17.2. The van der Waals surface area contributed by atoms with Gasteiger partial charge in [0.15, 0.2) is 26.5 Å². The Hall–Kier alpha value is -0.806. The normalized spacial score (nSPS) is 24.4. The maximum absolute atomic E-state index is 13.3. The van der Waals surface area contributed by atoms with Gasteiger partial charge in [-0.3, -0.25) is 0 Å². The highest BCUT2D eigenvalue weighted by atomic mass is 32.2. The average molecular weight is 583 g/mol. The smallest absolute Gasteiger partial charge is 0.192 e. The maximum Gasteiger partial charge on any atom is 0.192 e. The molecule has 2 rings (SSSR count). The van der Waals surface area contributed by atoms with E-state index in [1.165, 1.54) is 0 Å². The van der Waals surface area contributed by atoms with E-state index in [4.69, 9.17) is 8.85 Å². The highest BCUT2D eigenvalue weighted by Crippen LogP contribution is 2.47. The van der Waals surface area contributed by atoms with Gasteiger partial charge in [-0.2, -0.15) is 0 Å². The van der Waals surface area contributed by atoms with Gasteiger partial charge in [-0.05, 0) is 84.9 Å². The fraction of sp³-hybridized carbons (Fsp3) is 0.767. The molecular formula is C30H54O5SSi2. The van der Waals surface area contributed by atoms with E-state index in [9.17, 15) is 13.2 Å². The Labute approximate surface area is 235 Å². The van der Waals surface area contributed by atoms with Crippen LogP contribution >= 0.6 is 0 Å². The van der Waals surface area contributed by atoms with Crippen LogP contribution in [0.3, 0.4) is 0 Å². The van der Waals surface area contributed by atoms with Crippen LogP contribution in [0.1, 0.15) is 67.7 Å². The molecule has 1 aliphatic rings. The summed E-state index contributed by atoms with van der Waals surface area (Å²) in [6, 6.07) is 8.70. The van der Waals surface area contributed by atoms with Crippen molar-refractivity contribution in [2.75, 3.05) is 12.4 Å². The summed E-state index contributed by atoms with van der Waals surface area (Å²) < 4.78 is 40.2. The maximum atomic E-state index is 13.3. The van der Waals surface area contributed by atoms with Crippen molar-refractivity contribution in [2.45, 2.75) is 115 Å². The van der Waals surface area contributed by atoms with Crippen LogP contribution in [0.5, 0.6) is 0 Å². The summed E-state index contributed by atoms with van der Waals surface area (Å²) >= 11 is 0.